The molecule has 124 valence electrons. The van der Waals surface area contributed by atoms with Crippen molar-refractivity contribution in [3.05, 3.63) is 5.01 Å². The predicted octanol–water partition coefficient (Wildman–Crippen LogP) is 2.21. The number of nitrogens with zero attached hydrogens (tertiary/aromatic N) is 3. The van der Waals surface area contributed by atoms with Crippen LogP contribution < -0.4 is 10.6 Å². The number of nitrogens with one attached hydrogen (secondary N) is 2. The van der Waals surface area contributed by atoms with Gasteiger partial charge < -0.3 is 10.2 Å². The molecule has 2 N–H and O–H groups in total. The van der Waals surface area contributed by atoms with Gasteiger partial charge in [0.1, 0.15) is 11.6 Å². The van der Waals surface area contributed by atoms with E-state index < -0.39 is 0 Å². The maximum atomic E-state index is 12.0. The van der Waals surface area contributed by atoms with Crippen LogP contribution in [0.4, 0.5) is 9.93 Å². The smallest absolute Gasteiger partial charge is 0.323 e. The van der Waals surface area contributed by atoms with Crippen molar-refractivity contribution in [2.24, 2.45) is 0 Å². The number of aromatic nitrogens is 2. The van der Waals surface area contributed by atoms with E-state index in [-0.39, 0.29) is 29.4 Å². The summed E-state index contributed by atoms with van der Waals surface area (Å²) < 4.78 is 0. The Morgan fingerprint density at radius 3 is 2.18 bits per heavy atom. The van der Waals surface area contributed by atoms with Gasteiger partial charge in [-0.2, -0.15) is 0 Å². The number of carbonyl (C=O) groups excluding carboxylic acids is 2. The number of hydrogen-bond acceptors (Lipinski definition) is 5. The number of rotatable bonds is 3. The van der Waals surface area contributed by atoms with Crippen molar-refractivity contribution in [3.8, 4) is 0 Å². The van der Waals surface area contributed by atoms with Gasteiger partial charge in [0.2, 0.25) is 11.0 Å². The molecule has 1 aromatic heterocycles. The Hall–Kier alpha value is -1.70. The quantitative estimate of drug-likeness (QED) is 0.891. The molecule has 1 aromatic rings. The minimum Gasteiger partial charge on any atom is -0.350 e. The second-order valence-corrected chi connectivity index (χ2v) is 8.22. The molecule has 0 unspecified atom stereocenters. The van der Waals surface area contributed by atoms with Gasteiger partial charge in [-0.1, -0.05) is 32.1 Å². The van der Waals surface area contributed by atoms with Gasteiger partial charge in [0, 0.05) is 18.0 Å². The lowest BCUT2D eigenvalue weighted by Gasteiger charge is -2.23. The van der Waals surface area contributed by atoms with Gasteiger partial charge >= 0.3 is 6.03 Å². The summed E-state index contributed by atoms with van der Waals surface area (Å²) in [7, 11) is 1.56. The molecule has 0 bridgehead atoms. The van der Waals surface area contributed by atoms with Crippen LogP contribution in [0.25, 0.3) is 0 Å². The minimum atomic E-state index is -0.388. The molecule has 7 nitrogen and oxygen atoms in total. The normalized spacial score (nSPS) is 12.0. The first kappa shape index (κ1) is 18.3. The summed E-state index contributed by atoms with van der Waals surface area (Å²) in [6.45, 7) is 11.7. The summed E-state index contributed by atoms with van der Waals surface area (Å²) in [5.41, 5.74) is -0.436. The van der Waals surface area contributed by atoms with Gasteiger partial charge in [0.15, 0.2) is 0 Å². The minimum absolute atomic E-state index is 0.0198. The summed E-state index contributed by atoms with van der Waals surface area (Å²) in [5, 5.41) is 14.8. The molecule has 3 amide bonds. The van der Waals surface area contributed by atoms with Gasteiger partial charge in [-0.15, -0.1) is 10.2 Å². The van der Waals surface area contributed by atoms with Crippen LogP contribution in [0.1, 0.15) is 46.6 Å². The molecular weight excluding hydrogens is 302 g/mol. The van der Waals surface area contributed by atoms with E-state index in [9.17, 15) is 9.59 Å². The first-order valence-corrected chi connectivity index (χ1v) is 7.87. The molecule has 1 heterocycles. The lowest BCUT2D eigenvalue weighted by Crippen LogP contribution is -2.47. The van der Waals surface area contributed by atoms with Crippen LogP contribution in [0.3, 0.4) is 0 Å². The summed E-state index contributed by atoms with van der Waals surface area (Å²) in [4.78, 5) is 25.2. The fourth-order valence-electron chi connectivity index (χ4n) is 1.51. The van der Waals surface area contributed by atoms with Crippen molar-refractivity contribution >= 4 is 28.4 Å². The van der Waals surface area contributed by atoms with Gasteiger partial charge in [-0.05, 0) is 20.8 Å². The lowest BCUT2D eigenvalue weighted by atomic mass is 9.98. The predicted molar refractivity (Wildman–Crippen MR) is 88.2 cm³/mol. The van der Waals surface area contributed by atoms with Crippen LogP contribution in [0.15, 0.2) is 0 Å². The number of likely N-dealkylation sites (N-methyl/N-ethyl adjacent to an activating group) is 1. The van der Waals surface area contributed by atoms with Crippen molar-refractivity contribution in [1.29, 1.82) is 0 Å². The third-order valence-corrected chi connectivity index (χ3v) is 3.79. The Morgan fingerprint density at radius 1 is 1.14 bits per heavy atom. The average Bonchev–Trinajstić information content (AvgIpc) is 2.74. The van der Waals surface area contributed by atoms with E-state index in [0.717, 1.165) is 5.01 Å². The first-order valence-electron chi connectivity index (χ1n) is 7.05. The van der Waals surface area contributed by atoms with Crippen molar-refractivity contribution in [2.45, 2.75) is 52.5 Å². The molecule has 0 radical (unpaired) electrons. The van der Waals surface area contributed by atoms with Crippen LogP contribution in [0.5, 0.6) is 0 Å². The molecule has 0 saturated carbocycles. The fourth-order valence-corrected chi connectivity index (χ4v) is 2.30. The topological polar surface area (TPSA) is 87.2 Å². The number of carbonyl (C=O) groups is 2. The number of urea groups is 1. The fraction of sp³-hybridized carbons (Fsp3) is 0.714. The zero-order valence-electron chi connectivity index (χ0n) is 14.3. The molecule has 22 heavy (non-hydrogen) atoms. The summed E-state index contributed by atoms with van der Waals surface area (Å²) in [6.07, 6.45) is 0. The van der Waals surface area contributed by atoms with E-state index >= 15 is 0 Å². The van der Waals surface area contributed by atoms with Gasteiger partial charge in [-0.25, -0.2) is 4.79 Å². The van der Waals surface area contributed by atoms with Crippen LogP contribution >= 0.6 is 11.3 Å². The van der Waals surface area contributed by atoms with Crippen LogP contribution in [0.2, 0.25) is 0 Å². The largest absolute Gasteiger partial charge is 0.350 e. The Morgan fingerprint density at radius 2 is 1.73 bits per heavy atom. The van der Waals surface area contributed by atoms with Gasteiger partial charge in [0.05, 0.1) is 0 Å². The summed E-state index contributed by atoms with van der Waals surface area (Å²) >= 11 is 1.33. The summed E-state index contributed by atoms with van der Waals surface area (Å²) in [5.74, 6) is -0.210. The van der Waals surface area contributed by atoms with Crippen molar-refractivity contribution in [1.82, 2.24) is 20.4 Å². The zero-order chi connectivity index (χ0) is 17.1. The monoisotopic (exact) mass is 327 g/mol. The molecule has 8 heteroatoms. The van der Waals surface area contributed by atoms with Crippen LogP contribution in [-0.4, -0.2) is 46.2 Å². The zero-order valence-corrected chi connectivity index (χ0v) is 15.1. The van der Waals surface area contributed by atoms with E-state index in [1.807, 2.05) is 41.5 Å². The maximum absolute atomic E-state index is 12.0. The number of anilines is 1. The van der Waals surface area contributed by atoms with Crippen LogP contribution in [0, 0.1) is 0 Å². The molecule has 0 atom stereocenters. The number of hydrogen-bond donors (Lipinski definition) is 2. The highest BCUT2D eigenvalue weighted by Crippen LogP contribution is 2.27. The van der Waals surface area contributed by atoms with Crippen molar-refractivity contribution in [3.63, 3.8) is 0 Å². The van der Waals surface area contributed by atoms with E-state index in [1.165, 1.54) is 16.2 Å². The second-order valence-electron chi connectivity index (χ2n) is 7.25. The standard InChI is InChI=1S/C14H25N5O2S/c1-13(2,3)10-17-18-11(22-10)15-12(21)19(7)8-9(20)16-14(4,5)6/h8H2,1-7H3,(H,16,20)(H,15,18,21). The SMILES string of the molecule is CN(CC(=O)NC(C)(C)C)C(=O)Nc1nnc(C(C)(C)C)s1. The maximum Gasteiger partial charge on any atom is 0.323 e. The highest BCUT2D eigenvalue weighted by Gasteiger charge is 2.22. The summed E-state index contributed by atoms with van der Waals surface area (Å²) in [6, 6.07) is -0.388. The highest BCUT2D eigenvalue weighted by atomic mass is 32.1. The Bertz CT molecular complexity index is 542. The Labute approximate surface area is 135 Å². The van der Waals surface area contributed by atoms with Gasteiger partial charge in [0.25, 0.3) is 0 Å². The average molecular weight is 327 g/mol. The second kappa shape index (κ2) is 6.60. The molecule has 0 aliphatic carbocycles. The Kier molecular flexibility index (Phi) is 5.50. The molecule has 0 aliphatic heterocycles. The molecule has 0 saturated heterocycles. The molecular formula is C14H25N5O2S. The van der Waals surface area contributed by atoms with E-state index in [2.05, 4.69) is 20.8 Å². The van der Waals surface area contributed by atoms with E-state index in [1.54, 1.807) is 7.05 Å². The Balaban J connectivity index is 2.58. The molecule has 0 spiro atoms. The molecule has 1 rings (SSSR count). The van der Waals surface area contributed by atoms with Crippen molar-refractivity contribution < 1.29 is 9.59 Å². The number of amides is 3. The van der Waals surface area contributed by atoms with Crippen LogP contribution in [-0.2, 0) is 10.2 Å². The molecule has 0 fully saturated rings. The highest BCUT2D eigenvalue weighted by molar-refractivity contribution is 7.15. The first-order chi connectivity index (χ1) is 9.88. The third kappa shape index (κ3) is 5.97. The third-order valence-electron chi connectivity index (χ3n) is 2.52. The van der Waals surface area contributed by atoms with Crippen molar-refractivity contribution in [2.75, 3.05) is 18.9 Å². The van der Waals surface area contributed by atoms with E-state index in [4.69, 9.17) is 0 Å². The molecule has 0 aliphatic rings. The molecule has 0 aromatic carbocycles. The van der Waals surface area contributed by atoms with Gasteiger partial charge in [-0.3, -0.25) is 10.1 Å². The van der Waals surface area contributed by atoms with E-state index in [0.29, 0.717) is 5.13 Å². The lowest BCUT2D eigenvalue weighted by molar-refractivity contribution is -0.122.